The first kappa shape index (κ1) is 37.2. The number of nitrogens with zero attached hydrogens (tertiary/aromatic N) is 5. The number of fused-ring (bicyclic) bond motifs is 20. The van der Waals surface area contributed by atoms with Crippen molar-refractivity contribution in [3.8, 4) is 45.5 Å². The molecule has 7 bridgehead atoms. The lowest BCUT2D eigenvalue weighted by molar-refractivity contribution is 0.565. The first-order valence-electron chi connectivity index (χ1n) is 23.4. The Bertz CT molecular complexity index is 4650. The summed E-state index contributed by atoms with van der Waals surface area (Å²) in [5, 5.41) is 10.3. The Morgan fingerprint density at radius 1 is 0.478 bits per heavy atom. The molecule has 1 aliphatic heterocycles. The number of benzene rings is 9. The van der Waals surface area contributed by atoms with E-state index in [9.17, 15) is 0 Å². The predicted molar refractivity (Wildman–Crippen MR) is 286 cm³/mol. The fourth-order valence-corrected chi connectivity index (χ4v) is 12.6. The molecule has 0 saturated carbocycles. The molecule has 0 amide bonds. The Balaban J connectivity index is 1.10. The second-order valence-corrected chi connectivity index (χ2v) is 19.4. The lowest BCUT2D eigenvalue weighted by atomic mass is 9.97. The van der Waals surface area contributed by atoms with E-state index >= 15 is 0 Å². The van der Waals surface area contributed by atoms with Crippen LogP contribution in [0.25, 0.3) is 143 Å². The van der Waals surface area contributed by atoms with Crippen LogP contribution in [-0.2, 0) is 6.42 Å². The zero-order valence-electron chi connectivity index (χ0n) is 36.8. The smallest absolute Gasteiger partial charge is 0.238 e. The van der Waals surface area contributed by atoms with Gasteiger partial charge in [-0.1, -0.05) is 152 Å². The lowest BCUT2D eigenvalue weighted by Crippen LogP contribution is -2.07. The summed E-state index contributed by atoms with van der Waals surface area (Å²) in [4.78, 5) is 16.6. The zero-order valence-corrected chi connectivity index (χ0v) is 37.6. The Labute approximate surface area is 398 Å². The maximum Gasteiger partial charge on any atom is 0.238 e. The fourth-order valence-electron chi connectivity index (χ4n) is 11.4. The van der Waals surface area contributed by atoms with Crippen molar-refractivity contribution in [1.82, 2.24) is 24.1 Å². The van der Waals surface area contributed by atoms with Crippen molar-refractivity contribution < 1.29 is 4.42 Å². The standard InChI is InChI=1S/C62H35N5OS/c1-2-13-36-30-39(27-26-35(36)12-1)41-32-49-44-20-10-15-38-34-53(44)68-59(49)52(33-41)66-50-22-6-3-17-42(50)45-28-29-46-43-18-4-7-23-51(43)67(58(46)57(45)66)62-64-60(40-16-9-14-37(38)31-40)63-61(65-62)48-21-11-25-55-56(48)47-19-5-8-24-54(47)69-55/h1-33H,34H2. The average molecular weight is 898 g/mol. The molecule has 6 heterocycles. The second kappa shape index (κ2) is 13.8. The highest BCUT2D eigenvalue weighted by Gasteiger charge is 2.28. The van der Waals surface area contributed by atoms with Crippen LogP contribution >= 0.6 is 11.3 Å². The Kier molecular flexibility index (Phi) is 7.46. The third-order valence-corrected chi connectivity index (χ3v) is 15.7. The van der Waals surface area contributed by atoms with E-state index in [2.05, 4.69) is 209 Å². The van der Waals surface area contributed by atoms with Crippen LogP contribution in [0.15, 0.2) is 199 Å². The third kappa shape index (κ3) is 5.27. The molecule has 320 valence electrons. The van der Waals surface area contributed by atoms with Gasteiger partial charge in [0.1, 0.15) is 5.76 Å². The van der Waals surface area contributed by atoms with E-state index in [0.717, 1.165) is 110 Å². The number of allylic oxidation sites excluding steroid dienone is 3. The van der Waals surface area contributed by atoms with Gasteiger partial charge >= 0.3 is 0 Å². The monoisotopic (exact) mass is 897 g/mol. The highest BCUT2D eigenvalue weighted by atomic mass is 32.1. The first-order chi connectivity index (χ1) is 34.2. The van der Waals surface area contributed by atoms with Crippen molar-refractivity contribution >= 4 is 109 Å². The molecule has 1 aliphatic carbocycles. The fraction of sp³-hybridized carbons (Fsp3) is 0.0161. The van der Waals surface area contributed by atoms with E-state index in [0.29, 0.717) is 24.0 Å². The van der Waals surface area contributed by atoms with Crippen LogP contribution in [-0.4, -0.2) is 24.1 Å². The van der Waals surface area contributed by atoms with Gasteiger partial charge in [0.15, 0.2) is 17.2 Å². The predicted octanol–water partition coefficient (Wildman–Crippen LogP) is 16.3. The molecule has 69 heavy (non-hydrogen) atoms. The lowest BCUT2D eigenvalue weighted by Gasteiger charge is -2.15. The van der Waals surface area contributed by atoms with Crippen LogP contribution in [0.2, 0.25) is 0 Å². The second-order valence-electron chi connectivity index (χ2n) is 18.3. The van der Waals surface area contributed by atoms with Gasteiger partial charge in [0.25, 0.3) is 0 Å². The number of hydrogen-bond acceptors (Lipinski definition) is 5. The number of para-hydroxylation sites is 2. The molecule has 5 aromatic heterocycles. The van der Waals surface area contributed by atoms with Gasteiger partial charge in [0, 0.05) is 70.2 Å². The van der Waals surface area contributed by atoms with E-state index in [1.807, 2.05) is 0 Å². The quantitative estimate of drug-likeness (QED) is 0.173. The highest BCUT2D eigenvalue weighted by molar-refractivity contribution is 7.25. The van der Waals surface area contributed by atoms with E-state index < -0.39 is 0 Å². The molecule has 2 aliphatic rings. The number of aromatic nitrogens is 5. The topological polar surface area (TPSA) is 61.7 Å². The maximum absolute atomic E-state index is 7.32. The van der Waals surface area contributed by atoms with Crippen molar-refractivity contribution in [3.63, 3.8) is 0 Å². The van der Waals surface area contributed by atoms with Crippen molar-refractivity contribution in [3.05, 3.63) is 211 Å². The number of hydrogen-bond donors (Lipinski definition) is 0. The third-order valence-electron chi connectivity index (χ3n) is 14.5. The summed E-state index contributed by atoms with van der Waals surface area (Å²) in [6.45, 7) is 0. The van der Waals surface area contributed by atoms with Crippen LogP contribution in [0.3, 0.4) is 0 Å². The van der Waals surface area contributed by atoms with Gasteiger partial charge in [0.2, 0.25) is 5.95 Å². The molecule has 16 rings (SSSR count). The molecule has 0 fully saturated rings. The van der Waals surface area contributed by atoms with Crippen molar-refractivity contribution in [2.24, 2.45) is 0 Å². The Hall–Kier alpha value is -8.91. The van der Waals surface area contributed by atoms with Gasteiger partial charge in [-0.15, -0.1) is 11.3 Å². The summed E-state index contributed by atoms with van der Waals surface area (Å²) in [7, 11) is 0. The normalized spacial score (nSPS) is 13.2. The molecule has 0 N–H and O–H groups in total. The van der Waals surface area contributed by atoms with Crippen LogP contribution in [0.5, 0.6) is 0 Å². The van der Waals surface area contributed by atoms with Gasteiger partial charge in [-0.05, 0) is 81.6 Å². The molecule has 0 saturated heterocycles. The molecule has 0 spiro atoms. The molecule has 0 atom stereocenters. The van der Waals surface area contributed by atoms with Crippen LogP contribution in [0.4, 0.5) is 0 Å². The van der Waals surface area contributed by atoms with Crippen LogP contribution in [0, 0.1) is 0 Å². The number of furan rings is 1. The van der Waals surface area contributed by atoms with Gasteiger partial charge in [-0.3, -0.25) is 4.57 Å². The van der Waals surface area contributed by atoms with E-state index in [1.165, 1.54) is 25.6 Å². The first-order valence-corrected chi connectivity index (χ1v) is 24.2. The SMILES string of the molecule is C1=Cc2c3oc4c(cc(-c5ccc6ccccc6c5)cc24)-n2c4ccccc4c4ccc5c6ccccc6n(c5c42)-c2nc(nc(-c4cccc5sc6ccccc6c45)n2)-c2cccc(c2)C(=C1)C3. The summed E-state index contributed by atoms with van der Waals surface area (Å²) in [6.07, 6.45) is 7.25. The minimum absolute atomic E-state index is 0.553. The van der Waals surface area contributed by atoms with Gasteiger partial charge < -0.3 is 8.98 Å². The molecular formula is C62H35N5OS. The highest BCUT2D eigenvalue weighted by Crippen LogP contribution is 2.47. The van der Waals surface area contributed by atoms with E-state index in [1.54, 1.807) is 11.3 Å². The number of thiophene rings is 1. The minimum Gasteiger partial charge on any atom is -0.458 e. The Morgan fingerprint density at radius 2 is 1.19 bits per heavy atom. The van der Waals surface area contributed by atoms with Crippen molar-refractivity contribution in [1.29, 1.82) is 0 Å². The number of rotatable bonds is 2. The molecule has 14 aromatic rings. The average Bonchev–Trinajstić information content (AvgIpc) is 4.11. The van der Waals surface area contributed by atoms with Gasteiger partial charge in [0.05, 0.1) is 27.8 Å². The van der Waals surface area contributed by atoms with Crippen molar-refractivity contribution in [2.75, 3.05) is 0 Å². The molecule has 9 aromatic carbocycles. The maximum atomic E-state index is 7.32. The molecule has 6 nitrogen and oxygen atoms in total. The zero-order chi connectivity index (χ0) is 44.9. The molecule has 0 unspecified atom stereocenters. The summed E-state index contributed by atoms with van der Waals surface area (Å²) >= 11 is 1.80. The minimum atomic E-state index is 0.553. The van der Waals surface area contributed by atoms with Crippen molar-refractivity contribution in [2.45, 2.75) is 6.42 Å². The van der Waals surface area contributed by atoms with E-state index in [-0.39, 0.29) is 0 Å². The molecular weight excluding hydrogens is 863 g/mol. The molecule has 0 radical (unpaired) electrons. The largest absolute Gasteiger partial charge is 0.458 e. The Morgan fingerprint density at radius 3 is 2.06 bits per heavy atom. The van der Waals surface area contributed by atoms with Crippen LogP contribution < -0.4 is 0 Å². The summed E-state index contributed by atoms with van der Waals surface area (Å²) in [5.41, 5.74) is 13.4. The van der Waals surface area contributed by atoms with Gasteiger partial charge in [-0.25, -0.2) is 4.98 Å². The van der Waals surface area contributed by atoms with Crippen LogP contribution in [0.1, 0.15) is 16.9 Å². The van der Waals surface area contributed by atoms with Gasteiger partial charge in [-0.2, -0.15) is 9.97 Å². The van der Waals surface area contributed by atoms with E-state index in [4.69, 9.17) is 19.4 Å². The molecule has 7 heteroatoms. The summed E-state index contributed by atoms with van der Waals surface area (Å²) < 4.78 is 14.5. The summed E-state index contributed by atoms with van der Waals surface area (Å²) in [6, 6.07) is 65.9. The summed E-state index contributed by atoms with van der Waals surface area (Å²) in [5.74, 6) is 2.72.